The van der Waals surface area contributed by atoms with Crippen LogP contribution < -0.4 is 19.1 Å². The molecule has 190 valence electrons. The number of fused-ring (bicyclic) bond motifs is 3. The molecule has 0 amide bonds. The fourth-order valence-electron chi connectivity index (χ4n) is 4.80. The lowest BCUT2D eigenvalue weighted by Gasteiger charge is -2.38. The molecular weight excluding hydrogens is 472 g/mol. The number of hydrogen-bond acceptors (Lipinski definition) is 10. The molecular formula is C24H32N4O6S. The minimum Gasteiger partial charge on any atom is -0.493 e. The van der Waals surface area contributed by atoms with Crippen molar-refractivity contribution in [2.75, 3.05) is 46.1 Å². The number of nitrogens with zero attached hydrogens (tertiary/aromatic N) is 4. The van der Waals surface area contributed by atoms with Crippen molar-refractivity contribution in [2.24, 2.45) is 4.99 Å². The van der Waals surface area contributed by atoms with E-state index in [1.165, 1.54) is 0 Å². The first-order chi connectivity index (χ1) is 16.6. The molecule has 1 aromatic heterocycles. The van der Waals surface area contributed by atoms with Gasteiger partial charge < -0.3 is 19.1 Å². The number of hydrogen-bond donors (Lipinski definition) is 0. The summed E-state index contributed by atoms with van der Waals surface area (Å²) in [5.41, 5.74) is 3.25. The SMILES string of the molecule is CCOc1cc2c(cc1OC)C(c1cnc(N(C)C)nc1OC)=N[C@@H]1CC[C@@H](OS(C)(=O)=O)C[C@H]21. The number of benzene rings is 1. The van der Waals surface area contributed by atoms with E-state index in [-0.39, 0.29) is 12.0 Å². The van der Waals surface area contributed by atoms with Gasteiger partial charge in [0.05, 0.1) is 50.5 Å². The molecule has 1 aliphatic heterocycles. The maximum atomic E-state index is 11.8. The van der Waals surface area contributed by atoms with E-state index in [9.17, 15) is 8.42 Å². The van der Waals surface area contributed by atoms with E-state index >= 15 is 0 Å². The number of rotatable bonds is 8. The second-order valence-electron chi connectivity index (χ2n) is 8.90. The van der Waals surface area contributed by atoms with Gasteiger partial charge >= 0.3 is 0 Å². The van der Waals surface area contributed by atoms with Crippen LogP contribution in [-0.4, -0.2) is 77.4 Å². The molecule has 1 fully saturated rings. The first-order valence-electron chi connectivity index (χ1n) is 11.5. The predicted molar refractivity (Wildman–Crippen MR) is 133 cm³/mol. The highest BCUT2D eigenvalue weighted by atomic mass is 32.2. The number of anilines is 1. The third kappa shape index (κ3) is 5.20. The lowest BCUT2D eigenvalue weighted by atomic mass is 9.74. The minimum absolute atomic E-state index is 0.0349. The van der Waals surface area contributed by atoms with Crippen LogP contribution in [0.5, 0.6) is 17.4 Å². The van der Waals surface area contributed by atoms with Gasteiger partial charge in [0.25, 0.3) is 10.1 Å². The molecule has 3 atom stereocenters. The molecule has 0 N–H and O–H groups in total. The summed E-state index contributed by atoms with van der Waals surface area (Å²) < 4.78 is 46.1. The smallest absolute Gasteiger partial charge is 0.264 e. The highest BCUT2D eigenvalue weighted by Crippen LogP contribution is 2.46. The highest BCUT2D eigenvalue weighted by molar-refractivity contribution is 7.86. The van der Waals surface area contributed by atoms with Gasteiger partial charge in [-0.05, 0) is 43.9 Å². The number of aliphatic imine (C=N–C) groups is 1. The summed E-state index contributed by atoms with van der Waals surface area (Å²) in [5, 5.41) is 0. The summed E-state index contributed by atoms with van der Waals surface area (Å²) in [6.07, 6.45) is 4.24. The molecule has 35 heavy (non-hydrogen) atoms. The van der Waals surface area contributed by atoms with Crippen LogP contribution >= 0.6 is 0 Å². The van der Waals surface area contributed by atoms with Crippen molar-refractivity contribution in [3.05, 3.63) is 35.0 Å². The first kappa shape index (κ1) is 25.2. The Bertz CT molecular complexity index is 1230. The number of aromatic nitrogens is 2. The van der Waals surface area contributed by atoms with Crippen LogP contribution in [0.25, 0.3) is 0 Å². The van der Waals surface area contributed by atoms with Crippen molar-refractivity contribution in [3.63, 3.8) is 0 Å². The van der Waals surface area contributed by atoms with Gasteiger partial charge in [-0.25, -0.2) is 4.98 Å². The Morgan fingerprint density at radius 3 is 2.49 bits per heavy atom. The number of ether oxygens (including phenoxy) is 3. The molecule has 2 aliphatic rings. The van der Waals surface area contributed by atoms with E-state index in [2.05, 4.69) is 9.97 Å². The zero-order valence-electron chi connectivity index (χ0n) is 20.9. The Balaban J connectivity index is 1.86. The molecule has 2 heterocycles. The normalized spacial score (nSPS) is 21.4. The van der Waals surface area contributed by atoms with Crippen LogP contribution in [0, 0.1) is 0 Å². The van der Waals surface area contributed by atoms with Gasteiger partial charge in [0.15, 0.2) is 11.5 Å². The molecule has 1 saturated carbocycles. The Kier molecular flexibility index (Phi) is 7.18. The number of methoxy groups -OCH3 is 2. The summed E-state index contributed by atoms with van der Waals surface area (Å²) in [4.78, 5) is 16.0. The van der Waals surface area contributed by atoms with Gasteiger partial charge in [-0.15, -0.1) is 0 Å². The molecule has 0 saturated heterocycles. The van der Waals surface area contributed by atoms with Crippen molar-refractivity contribution in [1.29, 1.82) is 0 Å². The molecule has 4 rings (SSSR count). The van der Waals surface area contributed by atoms with Gasteiger partial charge in [0.1, 0.15) is 0 Å². The second kappa shape index (κ2) is 9.98. The van der Waals surface area contributed by atoms with Crippen LogP contribution in [-0.2, 0) is 14.3 Å². The van der Waals surface area contributed by atoms with Crippen LogP contribution in [0.4, 0.5) is 5.95 Å². The van der Waals surface area contributed by atoms with Gasteiger partial charge in [-0.1, -0.05) is 0 Å². The average molecular weight is 505 g/mol. The Labute approximate surface area is 206 Å². The lowest BCUT2D eigenvalue weighted by Crippen LogP contribution is -2.36. The summed E-state index contributed by atoms with van der Waals surface area (Å²) in [7, 11) is 3.34. The summed E-state index contributed by atoms with van der Waals surface area (Å²) in [6.45, 7) is 2.40. The monoisotopic (exact) mass is 504 g/mol. The van der Waals surface area contributed by atoms with Crippen molar-refractivity contribution in [1.82, 2.24) is 9.97 Å². The van der Waals surface area contributed by atoms with Crippen LogP contribution in [0.3, 0.4) is 0 Å². The largest absolute Gasteiger partial charge is 0.493 e. The van der Waals surface area contributed by atoms with Crippen molar-refractivity contribution >= 4 is 21.8 Å². The maximum absolute atomic E-state index is 11.8. The fraction of sp³-hybridized carbons (Fsp3) is 0.542. The quantitative estimate of drug-likeness (QED) is 0.501. The predicted octanol–water partition coefficient (Wildman–Crippen LogP) is 2.79. The van der Waals surface area contributed by atoms with E-state index in [4.69, 9.17) is 23.4 Å². The first-order valence-corrected chi connectivity index (χ1v) is 13.4. The molecule has 1 aromatic carbocycles. The molecule has 11 heteroatoms. The zero-order valence-corrected chi connectivity index (χ0v) is 21.8. The van der Waals surface area contributed by atoms with Crippen LogP contribution in [0.1, 0.15) is 48.8 Å². The van der Waals surface area contributed by atoms with Crippen molar-refractivity contribution in [3.8, 4) is 17.4 Å². The molecule has 2 aromatic rings. The summed E-state index contributed by atoms with van der Waals surface area (Å²) >= 11 is 0. The van der Waals surface area contributed by atoms with Gasteiger partial charge in [-0.2, -0.15) is 13.4 Å². The molecule has 0 unspecified atom stereocenters. The summed E-state index contributed by atoms with van der Waals surface area (Å²) in [6, 6.07) is 3.84. The summed E-state index contributed by atoms with van der Waals surface area (Å²) in [5.74, 6) is 2.14. The van der Waals surface area contributed by atoms with Crippen molar-refractivity contribution in [2.45, 2.75) is 44.2 Å². The van der Waals surface area contributed by atoms with E-state index in [0.29, 0.717) is 60.5 Å². The molecule has 0 radical (unpaired) electrons. The Morgan fingerprint density at radius 1 is 1.09 bits per heavy atom. The Morgan fingerprint density at radius 2 is 1.86 bits per heavy atom. The average Bonchev–Trinajstić information content (AvgIpc) is 2.82. The van der Waals surface area contributed by atoms with E-state index < -0.39 is 16.2 Å². The topological polar surface area (TPSA) is 112 Å². The maximum Gasteiger partial charge on any atom is 0.264 e. The van der Waals surface area contributed by atoms with E-state index in [0.717, 1.165) is 17.4 Å². The third-order valence-corrected chi connectivity index (χ3v) is 6.87. The molecule has 10 nitrogen and oxygen atoms in total. The molecule has 0 bridgehead atoms. The van der Waals surface area contributed by atoms with Crippen LogP contribution in [0.15, 0.2) is 23.3 Å². The molecule has 1 aliphatic carbocycles. The van der Waals surface area contributed by atoms with E-state index in [1.807, 2.05) is 33.2 Å². The highest BCUT2D eigenvalue weighted by Gasteiger charge is 2.39. The zero-order chi connectivity index (χ0) is 25.3. The second-order valence-corrected chi connectivity index (χ2v) is 10.5. The lowest BCUT2D eigenvalue weighted by molar-refractivity contribution is 0.141. The fourth-order valence-corrected chi connectivity index (χ4v) is 5.46. The molecule has 0 spiro atoms. The Hall–Kier alpha value is -2.92. The standard InChI is InChI=1S/C24H32N4O6S/c1-7-33-21-11-15-16-10-14(34-35(6,29)30)8-9-19(16)26-22(17(15)12-20(21)31-4)18-13-25-24(28(2)3)27-23(18)32-5/h11-14,16,19H,7-10H2,1-6H3/t14-,16-,19-/m1/s1. The van der Waals surface area contributed by atoms with Crippen LogP contribution in [0.2, 0.25) is 0 Å². The van der Waals surface area contributed by atoms with Gasteiger partial charge in [0.2, 0.25) is 11.8 Å². The third-order valence-electron chi connectivity index (χ3n) is 6.25. The van der Waals surface area contributed by atoms with E-state index in [1.54, 1.807) is 25.3 Å². The van der Waals surface area contributed by atoms with Crippen molar-refractivity contribution < 1.29 is 26.8 Å². The minimum atomic E-state index is -3.56. The van der Waals surface area contributed by atoms with Gasteiger partial charge in [-0.3, -0.25) is 9.18 Å². The van der Waals surface area contributed by atoms with Gasteiger partial charge in [0, 0.05) is 31.8 Å².